The highest BCUT2D eigenvalue weighted by Gasteiger charge is 2.23. The van der Waals surface area contributed by atoms with Gasteiger partial charge >= 0.3 is 0 Å². The minimum Gasteiger partial charge on any atom is -0.396 e. The molecule has 1 saturated heterocycles. The van der Waals surface area contributed by atoms with Crippen LogP contribution in [0.5, 0.6) is 0 Å². The van der Waals surface area contributed by atoms with Crippen molar-refractivity contribution < 1.29 is 5.11 Å². The number of rotatable bonds is 5. The number of hydrogen-bond donors (Lipinski definition) is 1. The molecule has 0 unspecified atom stereocenters. The third-order valence-corrected chi connectivity index (χ3v) is 4.67. The molecule has 2 heterocycles. The van der Waals surface area contributed by atoms with E-state index in [1.165, 1.54) is 5.56 Å². The molecule has 1 aromatic carbocycles. The highest BCUT2D eigenvalue weighted by atomic mass is 35.5. The monoisotopic (exact) mass is 334 g/mol. The van der Waals surface area contributed by atoms with Gasteiger partial charge in [0, 0.05) is 55.6 Å². The molecule has 0 aliphatic carbocycles. The fraction of sp³-hybridized carbons (Fsp3) is 0.471. The number of aromatic nitrogens is 2. The second kappa shape index (κ2) is 7.45. The maximum atomic E-state index is 9.19. The molecule has 1 aliphatic rings. The quantitative estimate of drug-likeness (QED) is 0.908. The van der Waals surface area contributed by atoms with Crippen LogP contribution in [-0.2, 0) is 6.54 Å². The van der Waals surface area contributed by atoms with Crippen molar-refractivity contribution in [1.29, 1.82) is 0 Å². The summed E-state index contributed by atoms with van der Waals surface area (Å²) in [4.78, 5) is 4.77. The second-order valence-electron chi connectivity index (χ2n) is 6.15. The predicted molar refractivity (Wildman–Crippen MR) is 92.0 cm³/mol. The van der Waals surface area contributed by atoms with Crippen LogP contribution in [0.4, 0.5) is 0 Å². The van der Waals surface area contributed by atoms with Crippen molar-refractivity contribution in [1.82, 2.24) is 19.6 Å². The van der Waals surface area contributed by atoms with E-state index in [1.807, 2.05) is 35.1 Å². The highest BCUT2D eigenvalue weighted by molar-refractivity contribution is 6.30. The Morgan fingerprint density at radius 1 is 1.35 bits per heavy atom. The first-order valence-corrected chi connectivity index (χ1v) is 8.36. The van der Waals surface area contributed by atoms with E-state index in [0.717, 1.165) is 38.3 Å². The molecule has 1 aliphatic heterocycles. The lowest BCUT2D eigenvalue weighted by Crippen LogP contribution is -2.51. The smallest absolute Gasteiger partial charge is 0.0660 e. The van der Waals surface area contributed by atoms with Crippen molar-refractivity contribution in [2.45, 2.75) is 19.0 Å². The molecule has 2 aromatic rings. The van der Waals surface area contributed by atoms with Gasteiger partial charge in [0.25, 0.3) is 0 Å². The summed E-state index contributed by atoms with van der Waals surface area (Å²) in [5.74, 6) is 0. The lowest BCUT2D eigenvalue weighted by atomic mass is 10.1. The molecule has 124 valence electrons. The summed E-state index contributed by atoms with van der Waals surface area (Å²) in [6, 6.07) is 8.12. The standard InChI is InChI=1S/C17H23ClN4O/c1-20-6-7-21(13-17(20)5-8-23)11-14-10-19-22(12-14)16-4-2-3-15(18)9-16/h2-4,9-10,12,17,23H,5-8,11,13H2,1H3/t17-/m1/s1. The number of benzene rings is 1. The molecule has 1 atom stereocenters. The first-order chi connectivity index (χ1) is 11.2. The summed E-state index contributed by atoms with van der Waals surface area (Å²) in [7, 11) is 2.13. The zero-order valence-corrected chi connectivity index (χ0v) is 14.2. The van der Waals surface area contributed by atoms with E-state index >= 15 is 0 Å². The van der Waals surface area contributed by atoms with Gasteiger partial charge in [0.2, 0.25) is 0 Å². The number of hydrogen-bond acceptors (Lipinski definition) is 4. The molecule has 1 N–H and O–H groups in total. The van der Waals surface area contributed by atoms with E-state index in [-0.39, 0.29) is 6.61 Å². The average molecular weight is 335 g/mol. The van der Waals surface area contributed by atoms with Crippen LogP contribution in [0, 0.1) is 0 Å². The van der Waals surface area contributed by atoms with E-state index < -0.39 is 0 Å². The van der Waals surface area contributed by atoms with Crippen molar-refractivity contribution >= 4 is 11.6 Å². The highest BCUT2D eigenvalue weighted by Crippen LogP contribution is 2.17. The van der Waals surface area contributed by atoms with Crippen molar-refractivity contribution in [3.8, 4) is 5.69 Å². The summed E-state index contributed by atoms with van der Waals surface area (Å²) >= 11 is 6.04. The van der Waals surface area contributed by atoms with Crippen molar-refractivity contribution in [3.05, 3.63) is 47.2 Å². The fourth-order valence-electron chi connectivity index (χ4n) is 3.07. The van der Waals surface area contributed by atoms with Crippen LogP contribution >= 0.6 is 11.6 Å². The van der Waals surface area contributed by atoms with Gasteiger partial charge in [-0.2, -0.15) is 5.10 Å². The molecular weight excluding hydrogens is 312 g/mol. The second-order valence-corrected chi connectivity index (χ2v) is 6.59. The molecule has 0 spiro atoms. The number of nitrogens with zero attached hydrogens (tertiary/aromatic N) is 4. The summed E-state index contributed by atoms with van der Waals surface area (Å²) in [6.45, 7) is 4.19. The van der Waals surface area contributed by atoms with Crippen molar-refractivity contribution in [3.63, 3.8) is 0 Å². The van der Waals surface area contributed by atoms with Crippen molar-refractivity contribution in [2.24, 2.45) is 0 Å². The predicted octanol–water partition coefficient (Wildman–Crippen LogP) is 2.02. The zero-order valence-electron chi connectivity index (χ0n) is 13.4. The Morgan fingerprint density at radius 2 is 2.22 bits per heavy atom. The lowest BCUT2D eigenvalue weighted by Gasteiger charge is -2.39. The van der Waals surface area contributed by atoms with Gasteiger partial charge in [-0.25, -0.2) is 4.68 Å². The molecule has 0 amide bonds. The first-order valence-electron chi connectivity index (χ1n) is 7.98. The number of halogens is 1. The Bertz CT molecular complexity index is 645. The van der Waals surface area contributed by atoms with E-state index in [9.17, 15) is 5.11 Å². The van der Waals surface area contributed by atoms with Crippen LogP contribution in [0.15, 0.2) is 36.7 Å². The average Bonchev–Trinajstić information content (AvgIpc) is 2.99. The van der Waals surface area contributed by atoms with Gasteiger partial charge < -0.3 is 10.0 Å². The normalized spacial score (nSPS) is 20.0. The Labute approximate surface area is 142 Å². The van der Waals surface area contributed by atoms with Crippen LogP contribution in [0.2, 0.25) is 5.02 Å². The Kier molecular flexibility index (Phi) is 5.33. The number of likely N-dealkylation sites (N-methyl/N-ethyl adjacent to an activating group) is 1. The summed E-state index contributed by atoms with van der Waals surface area (Å²) < 4.78 is 1.86. The number of piperazine rings is 1. The minimum absolute atomic E-state index is 0.246. The van der Waals surface area contributed by atoms with Gasteiger partial charge in [-0.05, 0) is 31.7 Å². The van der Waals surface area contributed by atoms with Gasteiger partial charge in [-0.1, -0.05) is 17.7 Å². The number of aliphatic hydroxyl groups excluding tert-OH is 1. The third-order valence-electron chi connectivity index (χ3n) is 4.44. The van der Waals surface area contributed by atoms with Crippen LogP contribution in [0.3, 0.4) is 0 Å². The maximum Gasteiger partial charge on any atom is 0.0660 e. The third kappa shape index (κ3) is 4.12. The topological polar surface area (TPSA) is 44.5 Å². The summed E-state index contributed by atoms with van der Waals surface area (Å²) in [5.41, 5.74) is 2.16. The van der Waals surface area contributed by atoms with Gasteiger partial charge in [0.1, 0.15) is 0 Å². The molecule has 23 heavy (non-hydrogen) atoms. The molecule has 1 fully saturated rings. The molecule has 0 saturated carbocycles. The van der Waals surface area contributed by atoms with Gasteiger partial charge in [-0.15, -0.1) is 0 Å². The minimum atomic E-state index is 0.246. The SMILES string of the molecule is CN1CCN(Cc2cnn(-c3cccc(Cl)c3)c2)C[C@H]1CCO. The van der Waals surface area contributed by atoms with Crippen LogP contribution < -0.4 is 0 Å². The van der Waals surface area contributed by atoms with E-state index in [2.05, 4.69) is 28.1 Å². The molecule has 5 nitrogen and oxygen atoms in total. The summed E-state index contributed by atoms with van der Waals surface area (Å²) in [5, 5.41) is 14.4. The van der Waals surface area contributed by atoms with Crippen LogP contribution in [-0.4, -0.2) is 64.0 Å². The van der Waals surface area contributed by atoms with Gasteiger partial charge in [-0.3, -0.25) is 4.90 Å². The lowest BCUT2D eigenvalue weighted by molar-refractivity contribution is 0.0743. The van der Waals surface area contributed by atoms with Crippen molar-refractivity contribution in [2.75, 3.05) is 33.3 Å². The maximum absolute atomic E-state index is 9.19. The van der Waals surface area contributed by atoms with Crippen LogP contribution in [0.25, 0.3) is 5.69 Å². The molecular formula is C17H23ClN4O. The Hall–Kier alpha value is -1.40. The first kappa shape index (κ1) is 16.5. The Balaban J connectivity index is 1.65. The van der Waals surface area contributed by atoms with E-state index in [1.54, 1.807) is 0 Å². The molecule has 1 aromatic heterocycles. The molecule has 6 heteroatoms. The van der Waals surface area contributed by atoms with Crippen LogP contribution in [0.1, 0.15) is 12.0 Å². The molecule has 0 radical (unpaired) electrons. The van der Waals surface area contributed by atoms with E-state index in [0.29, 0.717) is 11.1 Å². The number of aliphatic hydroxyl groups is 1. The molecule has 0 bridgehead atoms. The molecule has 3 rings (SSSR count). The summed E-state index contributed by atoms with van der Waals surface area (Å²) in [6.07, 6.45) is 4.81. The largest absolute Gasteiger partial charge is 0.396 e. The fourth-order valence-corrected chi connectivity index (χ4v) is 3.26. The zero-order chi connectivity index (χ0) is 16.2. The van der Waals surface area contributed by atoms with Gasteiger partial charge in [0.15, 0.2) is 0 Å². The van der Waals surface area contributed by atoms with Gasteiger partial charge in [0.05, 0.1) is 11.9 Å². The van der Waals surface area contributed by atoms with E-state index in [4.69, 9.17) is 11.6 Å². The Morgan fingerprint density at radius 3 is 3.00 bits per heavy atom.